The van der Waals surface area contributed by atoms with E-state index in [1.165, 1.54) is 12.1 Å². The van der Waals surface area contributed by atoms with Crippen molar-refractivity contribution in [2.45, 2.75) is 20.0 Å². The predicted octanol–water partition coefficient (Wildman–Crippen LogP) is 4.04. The Kier molecular flexibility index (Phi) is 6.85. The molecule has 5 aromatic rings. The first-order chi connectivity index (χ1) is 18.0. The minimum Gasteiger partial charge on any atom is -0.366 e. The summed E-state index contributed by atoms with van der Waals surface area (Å²) in [7, 11) is 2.00. The van der Waals surface area contributed by atoms with E-state index in [2.05, 4.69) is 40.1 Å². The van der Waals surface area contributed by atoms with Gasteiger partial charge in [0.25, 0.3) is 0 Å². The quantitative estimate of drug-likeness (QED) is 0.300. The Balaban J connectivity index is 1.29. The fourth-order valence-electron chi connectivity index (χ4n) is 4.15. The zero-order valence-electron chi connectivity index (χ0n) is 20.6. The summed E-state index contributed by atoms with van der Waals surface area (Å²) >= 11 is 0. The molecule has 0 saturated heterocycles. The van der Waals surface area contributed by atoms with Crippen LogP contribution in [0.2, 0.25) is 0 Å². The average Bonchev–Trinajstić information content (AvgIpc) is 3.27. The molecule has 37 heavy (non-hydrogen) atoms. The van der Waals surface area contributed by atoms with Crippen LogP contribution >= 0.6 is 0 Å². The van der Waals surface area contributed by atoms with E-state index >= 15 is 0 Å². The number of carbonyl (C=O) groups is 1. The number of aromatic nitrogens is 3. The lowest BCUT2D eigenvalue weighted by atomic mass is 10.00. The lowest BCUT2D eigenvalue weighted by Crippen LogP contribution is -2.28. The van der Waals surface area contributed by atoms with Crippen molar-refractivity contribution >= 4 is 36.5 Å². The second-order valence-electron chi connectivity index (χ2n) is 8.90. The number of nitrogens with zero attached hydrogens (tertiary/aromatic N) is 3. The van der Waals surface area contributed by atoms with Gasteiger partial charge in [0.15, 0.2) is 5.65 Å². The number of urea groups is 1. The lowest BCUT2D eigenvalue weighted by molar-refractivity contribution is 0.251. The smallest absolute Gasteiger partial charge is 0.319 e. The molecule has 0 unspecified atom stereocenters. The van der Waals surface area contributed by atoms with Crippen LogP contribution in [0.4, 0.5) is 20.7 Å². The molecule has 0 aliphatic rings. The number of hydrogen-bond donors (Lipinski definition) is 3. The molecule has 5 rings (SSSR count). The van der Waals surface area contributed by atoms with Crippen molar-refractivity contribution in [3.05, 3.63) is 108 Å². The molecule has 184 valence electrons. The van der Waals surface area contributed by atoms with E-state index in [1.807, 2.05) is 56.5 Å². The second-order valence-corrected chi connectivity index (χ2v) is 8.90. The first-order valence-corrected chi connectivity index (χ1v) is 12.0. The summed E-state index contributed by atoms with van der Waals surface area (Å²) in [5.41, 5.74) is 7.22. The van der Waals surface area contributed by atoms with Crippen molar-refractivity contribution in [1.29, 1.82) is 0 Å². The highest BCUT2D eigenvalue weighted by Crippen LogP contribution is 2.25. The molecule has 3 N–H and O–H groups in total. The number of nitrogens with one attached hydrogen (secondary N) is 3. The summed E-state index contributed by atoms with van der Waals surface area (Å²) in [5.74, 6) is 0.491. The highest BCUT2D eigenvalue weighted by molar-refractivity contribution is 6.36. The molecule has 7 nitrogen and oxygen atoms in total. The van der Waals surface area contributed by atoms with Gasteiger partial charge in [0.1, 0.15) is 19.5 Å². The third kappa shape index (κ3) is 5.61. The number of hydrogen-bond acceptors (Lipinski definition) is 4. The molecule has 0 atom stereocenters. The van der Waals surface area contributed by atoms with Gasteiger partial charge >= 0.3 is 6.03 Å². The third-order valence-corrected chi connectivity index (χ3v) is 6.07. The Morgan fingerprint density at radius 1 is 0.973 bits per heavy atom. The highest BCUT2D eigenvalue weighted by Gasteiger charge is 2.12. The largest absolute Gasteiger partial charge is 0.366 e. The standard InChI is InChI=1S/C28H26BFN6O/c1-18-6-2-3-11-23(18)25-14-26(36-27(35-25)24(29)17-33-36)31-15-20-8-5-10-22(13-20)34-28(37)32-16-19-7-4-9-21(30)12-19/h2-14,17,31H,15-16,29H2,1H3,(H2,32,34,37). The maximum atomic E-state index is 13.3. The zero-order chi connectivity index (χ0) is 25.8. The molecule has 0 fully saturated rings. The Bertz CT molecular complexity index is 1580. The van der Waals surface area contributed by atoms with Gasteiger partial charge in [-0.3, -0.25) is 0 Å². The number of halogens is 1. The number of rotatable bonds is 7. The topological polar surface area (TPSA) is 83.3 Å². The van der Waals surface area contributed by atoms with Crippen molar-refractivity contribution in [3.63, 3.8) is 0 Å². The van der Waals surface area contributed by atoms with Crippen LogP contribution < -0.4 is 21.4 Å². The maximum absolute atomic E-state index is 13.3. The molecule has 0 spiro atoms. The van der Waals surface area contributed by atoms with Crippen molar-refractivity contribution in [1.82, 2.24) is 19.9 Å². The molecule has 2 amide bonds. The summed E-state index contributed by atoms with van der Waals surface area (Å²) in [4.78, 5) is 17.2. The van der Waals surface area contributed by atoms with E-state index in [0.717, 1.165) is 39.3 Å². The number of carbonyl (C=O) groups excluding carboxylic acids is 1. The summed E-state index contributed by atoms with van der Waals surface area (Å²) < 4.78 is 15.2. The lowest BCUT2D eigenvalue weighted by Gasteiger charge is -2.13. The Labute approximate surface area is 215 Å². The number of benzene rings is 3. The molecule has 2 heterocycles. The molecule has 9 heteroatoms. The van der Waals surface area contributed by atoms with Gasteiger partial charge in [0, 0.05) is 36.6 Å². The van der Waals surface area contributed by atoms with Crippen molar-refractivity contribution < 1.29 is 9.18 Å². The van der Waals surface area contributed by atoms with Gasteiger partial charge in [-0.15, -0.1) is 0 Å². The first kappa shape index (κ1) is 24.1. The van der Waals surface area contributed by atoms with E-state index in [0.29, 0.717) is 17.8 Å². The van der Waals surface area contributed by atoms with Crippen molar-refractivity contribution in [2.75, 3.05) is 10.6 Å². The highest BCUT2D eigenvalue weighted by atomic mass is 19.1. The third-order valence-electron chi connectivity index (χ3n) is 6.07. The number of anilines is 2. The fourth-order valence-corrected chi connectivity index (χ4v) is 4.15. The van der Waals surface area contributed by atoms with E-state index in [-0.39, 0.29) is 18.4 Å². The number of fused-ring (bicyclic) bond motifs is 1. The zero-order valence-corrected chi connectivity index (χ0v) is 20.6. The summed E-state index contributed by atoms with van der Waals surface area (Å²) in [5, 5.41) is 13.6. The molecular formula is C28H26BFN6O. The van der Waals surface area contributed by atoms with E-state index in [9.17, 15) is 9.18 Å². The molecular weight excluding hydrogens is 466 g/mol. The van der Waals surface area contributed by atoms with Gasteiger partial charge in [-0.05, 0) is 53.3 Å². The maximum Gasteiger partial charge on any atom is 0.319 e. The van der Waals surface area contributed by atoms with E-state index < -0.39 is 0 Å². The number of aryl methyl sites for hydroxylation is 1. The average molecular weight is 492 g/mol. The molecule has 0 radical (unpaired) electrons. The Hall–Kier alpha value is -4.66. The van der Waals surface area contributed by atoms with Crippen LogP contribution in [0.5, 0.6) is 0 Å². The van der Waals surface area contributed by atoms with Gasteiger partial charge in [-0.1, -0.05) is 48.5 Å². The SMILES string of the molecule is Bc1cnn2c(NCc3cccc(NC(=O)NCc4cccc(F)c4)c3)cc(-c3ccccc3C)nc12. The molecule has 0 aliphatic carbocycles. The predicted molar refractivity (Wildman–Crippen MR) is 147 cm³/mol. The minimum absolute atomic E-state index is 0.232. The molecule has 2 aromatic heterocycles. The monoisotopic (exact) mass is 492 g/mol. The summed E-state index contributed by atoms with van der Waals surface area (Å²) in [6.45, 7) is 2.82. The Morgan fingerprint density at radius 2 is 1.76 bits per heavy atom. The van der Waals surface area contributed by atoms with Crippen LogP contribution in [0.15, 0.2) is 85.1 Å². The first-order valence-electron chi connectivity index (χ1n) is 12.0. The van der Waals surface area contributed by atoms with Crippen LogP contribution in [-0.4, -0.2) is 28.5 Å². The van der Waals surface area contributed by atoms with Crippen molar-refractivity contribution in [3.8, 4) is 11.3 Å². The molecule has 0 saturated carbocycles. The van der Waals surface area contributed by atoms with Crippen LogP contribution in [0, 0.1) is 12.7 Å². The normalized spacial score (nSPS) is 10.9. The van der Waals surface area contributed by atoms with Crippen molar-refractivity contribution in [2.24, 2.45) is 0 Å². The van der Waals surface area contributed by atoms with Gasteiger partial charge in [-0.25, -0.2) is 14.2 Å². The summed E-state index contributed by atoms with van der Waals surface area (Å²) in [6, 6.07) is 23.6. The van der Waals surface area contributed by atoms with E-state index in [1.54, 1.807) is 16.6 Å². The Morgan fingerprint density at radius 3 is 2.57 bits per heavy atom. The van der Waals surface area contributed by atoms with Crippen LogP contribution in [0.1, 0.15) is 16.7 Å². The molecule has 3 aromatic carbocycles. The molecule has 0 aliphatic heterocycles. The second kappa shape index (κ2) is 10.5. The summed E-state index contributed by atoms with van der Waals surface area (Å²) in [6.07, 6.45) is 1.81. The minimum atomic E-state index is -0.361. The fraction of sp³-hybridized carbons (Fsp3) is 0.107. The van der Waals surface area contributed by atoms with Gasteiger partial charge in [0.05, 0.1) is 5.69 Å². The van der Waals surface area contributed by atoms with E-state index in [4.69, 9.17) is 4.98 Å². The van der Waals surface area contributed by atoms with Gasteiger partial charge in [0.2, 0.25) is 0 Å². The number of amides is 2. The van der Waals surface area contributed by atoms with Gasteiger partial charge < -0.3 is 16.0 Å². The van der Waals surface area contributed by atoms with Gasteiger partial charge in [-0.2, -0.15) is 9.61 Å². The molecule has 0 bridgehead atoms. The van der Waals surface area contributed by atoms with Crippen LogP contribution in [0.25, 0.3) is 16.9 Å². The van der Waals surface area contributed by atoms with Crippen LogP contribution in [-0.2, 0) is 13.1 Å². The van der Waals surface area contributed by atoms with Crippen LogP contribution in [0.3, 0.4) is 0 Å².